The monoisotopic (exact) mass is 159 g/mol. The van der Waals surface area contributed by atoms with Crippen molar-refractivity contribution in [2.45, 2.75) is 6.42 Å². The molecule has 0 bridgehead atoms. The zero-order valence-corrected chi connectivity index (χ0v) is 6.84. The summed E-state index contributed by atoms with van der Waals surface area (Å²) in [6.07, 6.45) is 0.837. The molecule has 3 N–H and O–H groups in total. The van der Waals surface area contributed by atoms with Gasteiger partial charge in [-0.1, -0.05) is 0 Å². The Morgan fingerprint density at radius 1 is 1.36 bits per heavy atom. The molecule has 0 aromatic heterocycles. The van der Waals surface area contributed by atoms with Gasteiger partial charge in [-0.25, -0.2) is 5.01 Å². The van der Waals surface area contributed by atoms with Crippen molar-refractivity contribution < 1.29 is 5.11 Å². The molecule has 1 heterocycles. The van der Waals surface area contributed by atoms with E-state index in [2.05, 4.69) is 15.8 Å². The summed E-state index contributed by atoms with van der Waals surface area (Å²) >= 11 is 0. The molecule has 1 fully saturated rings. The Hall–Kier alpha value is -0.160. The molecule has 0 unspecified atom stereocenters. The molecule has 4 nitrogen and oxygen atoms in total. The van der Waals surface area contributed by atoms with Gasteiger partial charge in [0.25, 0.3) is 0 Å². The Bertz CT molecular complexity index is 93.7. The summed E-state index contributed by atoms with van der Waals surface area (Å²) in [7, 11) is 0. The zero-order chi connectivity index (χ0) is 7.94. The smallest absolute Gasteiger partial charge is 0.0443 e. The van der Waals surface area contributed by atoms with E-state index >= 15 is 0 Å². The fourth-order valence-electron chi connectivity index (χ4n) is 1.14. The lowest BCUT2D eigenvalue weighted by molar-refractivity contribution is 0.157. The molecule has 0 spiro atoms. The molecule has 0 aromatic rings. The molecule has 1 saturated heterocycles. The Morgan fingerprint density at radius 2 is 2.09 bits per heavy atom. The number of aliphatic hydroxyl groups is 1. The molecular formula is C7H17N3O. The van der Waals surface area contributed by atoms with Gasteiger partial charge in [-0.2, -0.15) is 0 Å². The van der Waals surface area contributed by atoms with Crippen LogP contribution in [0.15, 0.2) is 0 Å². The van der Waals surface area contributed by atoms with Gasteiger partial charge in [0.1, 0.15) is 0 Å². The van der Waals surface area contributed by atoms with Crippen LogP contribution in [0.25, 0.3) is 0 Å². The van der Waals surface area contributed by atoms with Crippen molar-refractivity contribution in [3.05, 3.63) is 0 Å². The van der Waals surface area contributed by atoms with E-state index in [4.69, 9.17) is 5.11 Å². The standard InChI is InChI=1S/C7H17N3O/c11-7-1-2-9-10-5-3-8-4-6-10/h8-9,11H,1-7H2. The highest BCUT2D eigenvalue weighted by atomic mass is 16.3. The maximum absolute atomic E-state index is 8.52. The van der Waals surface area contributed by atoms with Crippen LogP contribution < -0.4 is 10.7 Å². The maximum Gasteiger partial charge on any atom is 0.0443 e. The van der Waals surface area contributed by atoms with Gasteiger partial charge >= 0.3 is 0 Å². The summed E-state index contributed by atoms with van der Waals surface area (Å²) in [6.45, 7) is 5.41. The Morgan fingerprint density at radius 3 is 2.73 bits per heavy atom. The van der Waals surface area contributed by atoms with Gasteiger partial charge < -0.3 is 10.4 Å². The predicted octanol–water partition coefficient (Wildman–Crippen LogP) is -1.22. The summed E-state index contributed by atoms with van der Waals surface area (Å²) in [5.74, 6) is 0. The molecular weight excluding hydrogens is 142 g/mol. The van der Waals surface area contributed by atoms with E-state index in [9.17, 15) is 0 Å². The fraction of sp³-hybridized carbons (Fsp3) is 1.00. The normalized spacial score (nSPS) is 20.5. The van der Waals surface area contributed by atoms with E-state index < -0.39 is 0 Å². The van der Waals surface area contributed by atoms with Crippen LogP contribution in [-0.4, -0.2) is 49.4 Å². The molecule has 11 heavy (non-hydrogen) atoms. The topological polar surface area (TPSA) is 47.5 Å². The summed E-state index contributed by atoms with van der Waals surface area (Å²) < 4.78 is 0. The molecule has 1 aliphatic heterocycles. The van der Waals surface area contributed by atoms with Crippen molar-refractivity contribution in [1.29, 1.82) is 0 Å². The molecule has 4 heteroatoms. The van der Waals surface area contributed by atoms with E-state index in [0.29, 0.717) is 0 Å². The van der Waals surface area contributed by atoms with Gasteiger partial charge in [0, 0.05) is 39.3 Å². The van der Waals surface area contributed by atoms with Crippen molar-refractivity contribution in [2.24, 2.45) is 0 Å². The predicted molar refractivity (Wildman–Crippen MR) is 44.1 cm³/mol. The average molecular weight is 159 g/mol. The number of piperazine rings is 1. The number of hydrazine groups is 1. The summed E-state index contributed by atoms with van der Waals surface area (Å²) in [6, 6.07) is 0. The van der Waals surface area contributed by atoms with E-state index in [1.54, 1.807) is 0 Å². The van der Waals surface area contributed by atoms with E-state index in [1.807, 2.05) is 0 Å². The second kappa shape index (κ2) is 5.49. The van der Waals surface area contributed by atoms with Crippen LogP contribution in [0.5, 0.6) is 0 Å². The van der Waals surface area contributed by atoms with Crippen LogP contribution in [0, 0.1) is 0 Å². The number of nitrogens with one attached hydrogen (secondary N) is 2. The molecule has 1 aliphatic rings. The lowest BCUT2D eigenvalue weighted by Crippen LogP contribution is -2.50. The molecule has 66 valence electrons. The van der Waals surface area contributed by atoms with Gasteiger partial charge in [-0.3, -0.25) is 5.43 Å². The van der Waals surface area contributed by atoms with Crippen LogP contribution in [0.1, 0.15) is 6.42 Å². The first-order valence-corrected chi connectivity index (χ1v) is 4.23. The molecule has 1 rings (SSSR count). The number of aliphatic hydroxyl groups excluding tert-OH is 1. The highest BCUT2D eigenvalue weighted by Gasteiger charge is 2.06. The highest BCUT2D eigenvalue weighted by molar-refractivity contribution is 4.63. The van der Waals surface area contributed by atoms with E-state index in [-0.39, 0.29) is 6.61 Å². The maximum atomic E-state index is 8.52. The first-order chi connectivity index (χ1) is 5.43. The van der Waals surface area contributed by atoms with Gasteiger partial charge in [0.05, 0.1) is 0 Å². The van der Waals surface area contributed by atoms with Crippen molar-refractivity contribution in [2.75, 3.05) is 39.3 Å². The molecule has 0 amide bonds. The molecule has 0 radical (unpaired) electrons. The number of rotatable bonds is 4. The van der Waals surface area contributed by atoms with Crippen molar-refractivity contribution in [3.63, 3.8) is 0 Å². The fourth-order valence-corrected chi connectivity index (χ4v) is 1.14. The SMILES string of the molecule is OCCCNN1CCNCC1. The Labute approximate surface area is 67.5 Å². The first kappa shape index (κ1) is 8.93. The lowest BCUT2D eigenvalue weighted by Gasteiger charge is -2.27. The van der Waals surface area contributed by atoms with Crippen LogP contribution in [-0.2, 0) is 0 Å². The molecule has 0 atom stereocenters. The van der Waals surface area contributed by atoms with Crippen molar-refractivity contribution in [1.82, 2.24) is 15.8 Å². The van der Waals surface area contributed by atoms with Gasteiger partial charge in [-0.05, 0) is 6.42 Å². The quantitative estimate of drug-likeness (QED) is 0.450. The van der Waals surface area contributed by atoms with Crippen LogP contribution in [0.3, 0.4) is 0 Å². The first-order valence-electron chi connectivity index (χ1n) is 4.23. The average Bonchev–Trinajstić information content (AvgIpc) is 2.07. The summed E-state index contributed by atoms with van der Waals surface area (Å²) in [4.78, 5) is 0. The second-order valence-corrected chi connectivity index (χ2v) is 2.72. The minimum absolute atomic E-state index is 0.277. The third-order valence-electron chi connectivity index (χ3n) is 1.79. The van der Waals surface area contributed by atoms with Gasteiger partial charge in [-0.15, -0.1) is 0 Å². The van der Waals surface area contributed by atoms with Crippen LogP contribution in [0.4, 0.5) is 0 Å². The van der Waals surface area contributed by atoms with E-state index in [0.717, 1.165) is 39.1 Å². The van der Waals surface area contributed by atoms with Crippen LogP contribution >= 0.6 is 0 Å². The minimum atomic E-state index is 0.277. The van der Waals surface area contributed by atoms with E-state index in [1.165, 1.54) is 0 Å². The van der Waals surface area contributed by atoms with Crippen molar-refractivity contribution >= 4 is 0 Å². The largest absolute Gasteiger partial charge is 0.396 e. The number of nitrogens with zero attached hydrogens (tertiary/aromatic N) is 1. The number of hydrogen-bond acceptors (Lipinski definition) is 4. The third-order valence-corrected chi connectivity index (χ3v) is 1.79. The van der Waals surface area contributed by atoms with Crippen LogP contribution in [0.2, 0.25) is 0 Å². The molecule has 0 aliphatic carbocycles. The highest BCUT2D eigenvalue weighted by Crippen LogP contribution is 1.86. The van der Waals surface area contributed by atoms with Gasteiger partial charge in [0.15, 0.2) is 0 Å². The molecule has 0 aromatic carbocycles. The Balaban J connectivity index is 1.96. The second-order valence-electron chi connectivity index (χ2n) is 2.72. The Kier molecular flexibility index (Phi) is 4.45. The third kappa shape index (κ3) is 3.67. The zero-order valence-electron chi connectivity index (χ0n) is 6.84. The lowest BCUT2D eigenvalue weighted by atomic mass is 10.4. The summed E-state index contributed by atoms with van der Waals surface area (Å²) in [5.41, 5.74) is 3.26. The number of hydrogen-bond donors (Lipinski definition) is 3. The summed E-state index contributed by atoms with van der Waals surface area (Å²) in [5, 5.41) is 14.0. The minimum Gasteiger partial charge on any atom is -0.396 e. The van der Waals surface area contributed by atoms with Gasteiger partial charge in [0.2, 0.25) is 0 Å². The van der Waals surface area contributed by atoms with Crippen molar-refractivity contribution in [3.8, 4) is 0 Å². The molecule has 0 saturated carbocycles.